The van der Waals surface area contributed by atoms with E-state index in [1.165, 1.54) is 12.1 Å². The first-order chi connectivity index (χ1) is 9.61. The predicted octanol–water partition coefficient (Wildman–Crippen LogP) is 2.44. The number of likely N-dealkylation sites (N-methyl/N-ethyl adjacent to an activating group) is 1. The molecular weight excluding hydrogens is 255 g/mol. The van der Waals surface area contributed by atoms with Crippen LogP contribution in [0.3, 0.4) is 0 Å². The molecule has 1 unspecified atom stereocenters. The summed E-state index contributed by atoms with van der Waals surface area (Å²) in [4.78, 5) is 14.2. The number of nitrogens with zero attached hydrogens (tertiary/aromatic N) is 1. The van der Waals surface area contributed by atoms with Gasteiger partial charge in [-0.05, 0) is 50.1 Å². The second-order valence-corrected chi connectivity index (χ2v) is 5.22. The molecule has 0 saturated carbocycles. The van der Waals surface area contributed by atoms with E-state index in [9.17, 15) is 9.18 Å². The third kappa shape index (κ3) is 3.45. The maximum atomic E-state index is 12.9. The quantitative estimate of drug-likeness (QED) is 0.857. The second-order valence-electron chi connectivity index (χ2n) is 5.22. The summed E-state index contributed by atoms with van der Waals surface area (Å²) in [5.41, 5.74) is 1.74. The van der Waals surface area contributed by atoms with Crippen LogP contribution in [0.5, 0.6) is 0 Å². The third-order valence-electron chi connectivity index (χ3n) is 3.74. The standard InChI is InChI=1S/C16H21FN2O/c1-12(13-5-7-14(17)8-6-13)10-16(20)19-9-3-4-15(19)11-18-2/h5-8,10,15,18H,3-4,9,11H2,1-2H3. The van der Waals surface area contributed by atoms with Gasteiger partial charge in [0.25, 0.3) is 0 Å². The minimum absolute atomic E-state index is 0.0459. The number of carbonyl (C=O) groups excluding carboxylic acids is 1. The Balaban J connectivity index is 2.09. The fraction of sp³-hybridized carbons (Fsp3) is 0.438. The SMILES string of the molecule is CNCC1CCCN1C(=O)C=C(C)c1ccc(F)cc1. The minimum Gasteiger partial charge on any atom is -0.335 e. The molecule has 1 aliphatic rings. The van der Waals surface area contributed by atoms with Crippen LogP contribution in [-0.4, -0.2) is 37.0 Å². The van der Waals surface area contributed by atoms with Crippen LogP contribution in [0.15, 0.2) is 30.3 Å². The number of rotatable bonds is 4. The Morgan fingerprint density at radius 1 is 1.45 bits per heavy atom. The van der Waals surface area contributed by atoms with Crippen LogP contribution >= 0.6 is 0 Å². The third-order valence-corrected chi connectivity index (χ3v) is 3.74. The Kier molecular flexibility index (Phi) is 4.90. The van der Waals surface area contributed by atoms with Crippen molar-refractivity contribution in [1.29, 1.82) is 0 Å². The van der Waals surface area contributed by atoms with Crippen LogP contribution in [-0.2, 0) is 4.79 Å². The van der Waals surface area contributed by atoms with Gasteiger partial charge in [0.15, 0.2) is 0 Å². The number of nitrogens with one attached hydrogen (secondary N) is 1. The monoisotopic (exact) mass is 276 g/mol. The number of amides is 1. The fourth-order valence-corrected chi connectivity index (χ4v) is 2.64. The van der Waals surface area contributed by atoms with Crippen LogP contribution in [0.1, 0.15) is 25.3 Å². The molecule has 1 amide bonds. The molecule has 0 radical (unpaired) electrons. The Labute approximate surface area is 119 Å². The maximum Gasteiger partial charge on any atom is 0.247 e. The van der Waals surface area contributed by atoms with Gasteiger partial charge in [-0.25, -0.2) is 4.39 Å². The van der Waals surface area contributed by atoms with Gasteiger partial charge in [0.2, 0.25) is 5.91 Å². The van der Waals surface area contributed by atoms with E-state index in [1.807, 2.05) is 18.9 Å². The van der Waals surface area contributed by atoms with Gasteiger partial charge in [-0.3, -0.25) is 4.79 Å². The van der Waals surface area contributed by atoms with E-state index < -0.39 is 0 Å². The smallest absolute Gasteiger partial charge is 0.247 e. The van der Waals surface area contributed by atoms with Gasteiger partial charge in [-0.15, -0.1) is 0 Å². The van der Waals surface area contributed by atoms with E-state index in [0.29, 0.717) is 0 Å². The predicted molar refractivity (Wildman–Crippen MR) is 78.7 cm³/mol. The lowest BCUT2D eigenvalue weighted by atomic mass is 10.1. The summed E-state index contributed by atoms with van der Waals surface area (Å²) in [6.07, 6.45) is 3.76. The number of benzene rings is 1. The number of hydrogen-bond acceptors (Lipinski definition) is 2. The Bertz CT molecular complexity index is 496. The molecule has 1 aromatic rings. The number of hydrogen-bond donors (Lipinski definition) is 1. The van der Waals surface area contributed by atoms with E-state index in [-0.39, 0.29) is 17.8 Å². The zero-order valence-corrected chi connectivity index (χ0v) is 12.0. The second kappa shape index (κ2) is 6.66. The number of likely N-dealkylation sites (tertiary alicyclic amines) is 1. The van der Waals surface area contributed by atoms with E-state index in [2.05, 4.69) is 5.32 Å². The number of halogens is 1. The first kappa shape index (κ1) is 14.7. The summed E-state index contributed by atoms with van der Waals surface area (Å²) < 4.78 is 12.9. The highest BCUT2D eigenvalue weighted by Crippen LogP contribution is 2.19. The van der Waals surface area contributed by atoms with E-state index in [1.54, 1.807) is 18.2 Å². The molecular formula is C16H21FN2O. The molecule has 1 aromatic carbocycles. The largest absolute Gasteiger partial charge is 0.335 e. The van der Waals surface area contributed by atoms with Gasteiger partial charge >= 0.3 is 0 Å². The topological polar surface area (TPSA) is 32.3 Å². The van der Waals surface area contributed by atoms with E-state index >= 15 is 0 Å². The Morgan fingerprint density at radius 3 is 2.80 bits per heavy atom. The van der Waals surface area contributed by atoms with Crippen molar-refractivity contribution in [2.45, 2.75) is 25.8 Å². The molecule has 2 rings (SSSR count). The lowest BCUT2D eigenvalue weighted by Gasteiger charge is -2.23. The van der Waals surface area contributed by atoms with Crippen LogP contribution in [0.25, 0.3) is 5.57 Å². The van der Waals surface area contributed by atoms with Crippen molar-refractivity contribution in [3.05, 3.63) is 41.7 Å². The Hall–Kier alpha value is -1.68. The van der Waals surface area contributed by atoms with Crippen LogP contribution < -0.4 is 5.32 Å². The summed E-state index contributed by atoms with van der Waals surface area (Å²) in [5.74, 6) is -0.217. The lowest BCUT2D eigenvalue weighted by molar-refractivity contribution is -0.126. The molecule has 1 N–H and O–H groups in total. The summed E-state index contributed by atoms with van der Waals surface area (Å²) >= 11 is 0. The van der Waals surface area contributed by atoms with Crippen molar-refractivity contribution >= 4 is 11.5 Å². The highest BCUT2D eigenvalue weighted by molar-refractivity contribution is 5.95. The van der Waals surface area contributed by atoms with Gasteiger partial charge in [-0.1, -0.05) is 12.1 Å². The lowest BCUT2D eigenvalue weighted by Crippen LogP contribution is -2.40. The van der Waals surface area contributed by atoms with Crippen molar-refractivity contribution in [2.75, 3.05) is 20.1 Å². The molecule has 1 atom stereocenters. The van der Waals surface area contributed by atoms with Gasteiger partial charge in [0.1, 0.15) is 5.82 Å². The summed E-state index contributed by atoms with van der Waals surface area (Å²) in [6, 6.07) is 6.51. The van der Waals surface area contributed by atoms with Crippen molar-refractivity contribution < 1.29 is 9.18 Å². The van der Waals surface area contributed by atoms with Gasteiger partial charge in [-0.2, -0.15) is 0 Å². The Morgan fingerprint density at radius 2 is 2.15 bits per heavy atom. The molecule has 0 aromatic heterocycles. The molecule has 1 heterocycles. The van der Waals surface area contributed by atoms with Crippen molar-refractivity contribution in [3.8, 4) is 0 Å². The summed E-state index contributed by atoms with van der Waals surface area (Å²) in [7, 11) is 1.90. The number of allylic oxidation sites excluding steroid dienone is 1. The van der Waals surface area contributed by atoms with E-state index in [0.717, 1.165) is 37.1 Å². The molecule has 1 saturated heterocycles. The molecule has 108 valence electrons. The molecule has 1 fully saturated rings. The molecule has 1 aliphatic heterocycles. The molecule has 0 bridgehead atoms. The van der Waals surface area contributed by atoms with Crippen LogP contribution in [0, 0.1) is 5.82 Å². The highest BCUT2D eigenvalue weighted by Gasteiger charge is 2.26. The van der Waals surface area contributed by atoms with Gasteiger partial charge in [0.05, 0.1) is 0 Å². The molecule has 4 heteroatoms. The van der Waals surface area contributed by atoms with Crippen molar-refractivity contribution in [3.63, 3.8) is 0 Å². The first-order valence-corrected chi connectivity index (χ1v) is 7.01. The normalized spacial score (nSPS) is 19.4. The van der Waals surface area contributed by atoms with Gasteiger partial charge < -0.3 is 10.2 Å². The van der Waals surface area contributed by atoms with Crippen LogP contribution in [0.2, 0.25) is 0 Å². The summed E-state index contributed by atoms with van der Waals surface area (Å²) in [5, 5.41) is 3.13. The molecule has 3 nitrogen and oxygen atoms in total. The number of carbonyl (C=O) groups is 1. The highest BCUT2D eigenvalue weighted by atomic mass is 19.1. The van der Waals surface area contributed by atoms with Crippen molar-refractivity contribution in [2.24, 2.45) is 0 Å². The average molecular weight is 276 g/mol. The first-order valence-electron chi connectivity index (χ1n) is 7.01. The zero-order valence-electron chi connectivity index (χ0n) is 12.0. The zero-order chi connectivity index (χ0) is 14.5. The summed E-state index contributed by atoms with van der Waals surface area (Å²) in [6.45, 7) is 3.53. The minimum atomic E-state index is -0.262. The van der Waals surface area contributed by atoms with Crippen molar-refractivity contribution in [1.82, 2.24) is 10.2 Å². The average Bonchev–Trinajstić information content (AvgIpc) is 2.88. The molecule has 20 heavy (non-hydrogen) atoms. The van der Waals surface area contributed by atoms with Gasteiger partial charge in [0, 0.05) is 25.2 Å². The fourth-order valence-electron chi connectivity index (χ4n) is 2.64. The molecule has 0 aliphatic carbocycles. The maximum absolute atomic E-state index is 12.9. The van der Waals surface area contributed by atoms with E-state index in [4.69, 9.17) is 0 Å². The van der Waals surface area contributed by atoms with Crippen LogP contribution in [0.4, 0.5) is 4.39 Å². The molecule has 0 spiro atoms.